The van der Waals surface area contributed by atoms with E-state index in [9.17, 15) is 18.0 Å². The molecule has 4 aromatic rings. The second-order valence-electron chi connectivity index (χ2n) is 7.12. The van der Waals surface area contributed by atoms with Crippen molar-refractivity contribution in [1.82, 2.24) is 9.55 Å². The normalized spacial score (nSPS) is 10.9. The number of alkyl halides is 3. The van der Waals surface area contributed by atoms with Crippen LogP contribution in [0.15, 0.2) is 72.8 Å². The highest BCUT2D eigenvalue weighted by Crippen LogP contribution is 2.27. The van der Waals surface area contributed by atoms with Crippen molar-refractivity contribution in [2.45, 2.75) is 12.7 Å². The number of fused-ring (bicyclic) bond motifs is 1. The van der Waals surface area contributed by atoms with Gasteiger partial charge in [-0.25, -0.2) is 14.6 Å². The number of imidazole rings is 1. The van der Waals surface area contributed by atoms with Gasteiger partial charge in [0.1, 0.15) is 11.5 Å². The zero-order valence-electron chi connectivity index (χ0n) is 18.3. The van der Waals surface area contributed by atoms with Gasteiger partial charge in [0.05, 0.1) is 30.3 Å². The van der Waals surface area contributed by atoms with Gasteiger partial charge < -0.3 is 24.9 Å². The molecule has 3 N–H and O–H groups in total. The van der Waals surface area contributed by atoms with Gasteiger partial charge in [-0.1, -0.05) is 30.3 Å². The van der Waals surface area contributed by atoms with Gasteiger partial charge in [0.25, 0.3) is 0 Å². The van der Waals surface area contributed by atoms with E-state index in [0.29, 0.717) is 23.8 Å². The summed E-state index contributed by atoms with van der Waals surface area (Å²) >= 11 is 0. The lowest BCUT2D eigenvalue weighted by Crippen LogP contribution is -2.21. The molecule has 0 fully saturated rings. The van der Waals surface area contributed by atoms with Crippen LogP contribution in [-0.4, -0.2) is 39.9 Å². The molecule has 35 heavy (non-hydrogen) atoms. The Labute approximate surface area is 197 Å². The van der Waals surface area contributed by atoms with Crippen molar-refractivity contribution >= 4 is 28.9 Å². The summed E-state index contributed by atoms with van der Waals surface area (Å²) in [6, 6.07) is 22.5. The average Bonchev–Trinajstić information content (AvgIpc) is 3.13. The summed E-state index contributed by atoms with van der Waals surface area (Å²) in [5, 5.41) is 7.12. The van der Waals surface area contributed by atoms with Crippen molar-refractivity contribution in [2.75, 3.05) is 12.8 Å². The molecule has 0 aliphatic carbocycles. The number of carbonyl (C=O) groups is 2. The first-order chi connectivity index (χ1) is 16.6. The molecule has 0 aliphatic heterocycles. The largest absolute Gasteiger partial charge is 0.490 e. The number of nitrogens with two attached hydrogens (primary N) is 1. The Hall–Kier alpha value is -4.54. The number of aliphatic carboxylic acids is 1. The number of carboxylic acid groups (broad SMARTS) is 1. The number of anilines is 1. The summed E-state index contributed by atoms with van der Waals surface area (Å²) in [5.74, 6) is -1.28. The predicted molar refractivity (Wildman–Crippen MR) is 121 cm³/mol. The van der Waals surface area contributed by atoms with Crippen LogP contribution in [0.25, 0.3) is 11.0 Å². The number of rotatable bonds is 5. The molecule has 0 amide bonds. The van der Waals surface area contributed by atoms with Crippen molar-refractivity contribution in [3.8, 4) is 11.5 Å². The molecule has 0 bridgehead atoms. The van der Waals surface area contributed by atoms with Crippen LogP contribution in [0, 0.1) is 0 Å². The number of ether oxygens (including phenoxy) is 2. The molecule has 0 unspecified atom stereocenters. The van der Waals surface area contributed by atoms with Gasteiger partial charge in [-0.05, 0) is 42.0 Å². The maximum Gasteiger partial charge on any atom is 0.490 e. The smallest absolute Gasteiger partial charge is 0.475 e. The maximum atomic E-state index is 11.8. The van der Waals surface area contributed by atoms with Crippen LogP contribution in [0.1, 0.15) is 15.9 Å². The van der Waals surface area contributed by atoms with Crippen LogP contribution in [0.4, 0.5) is 19.1 Å². The van der Waals surface area contributed by atoms with Crippen LogP contribution < -0.4 is 10.5 Å². The summed E-state index contributed by atoms with van der Waals surface area (Å²) in [4.78, 5) is 25.1. The summed E-state index contributed by atoms with van der Waals surface area (Å²) < 4.78 is 44.3. The van der Waals surface area contributed by atoms with E-state index in [1.54, 1.807) is 12.1 Å². The Bertz CT molecular complexity index is 1340. The van der Waals surface area contributed by atoms with Crippen molar-refractivity contribution < 1.29 is 37.3 Å². The Kier molecular flexibility index (Phi) is 7.59. The zero-order chi connectivity index (χ0) is 25.6. The van der Waals surface area contributed by atoms with Crippen LogP contribution >= 0.6 is 0 Å². The third kappa shape index (κ3) is 6.50. The third-order valence-corrected chi connectivity index (χ3v) is 4.66. The number of benzene rings is 3. The lowest BCUT2D eigenvalue weighted by atomic mass is 10.1. The van der Waals surface area contributed by atoms with E-state index in [2.05, 4.69) is 4.98 Å². The summed E-state index contributed by atoms with van der Waals surface area (Å²) in [6.45, 7) is 0.474. The molecular formula is C24H20F3N3O5. The first-order valence-corrected chi connectivity index (χ1v) is 10.0. The summed E-state index contributed by atoms with van der Waals surface area (Å²) in [7, 11) is 1.37. The number of carboxylic acids is 1. The Morgan fingerprint density at radius 3 is 2.31 bits per heavy atom. The molecule has 0 saturated heterocycles. The first-order valence-electron chi connectivity index (χ1n) is 10.0. The standard InChI is InChI=1S/C22H19N3O3.C2HF3O2/c1-27-21(26)16-7-5-6-15(12-16)14-25-20-13-18(10-11-19(20)24-22(25)23)28-17-8-3-2-4-9-17;3-2(4,5)1(6)7/h2-13H,14H2,1H3,(H2,23,24);(H,6,7). The number of para-hydroxylation sites is 1. The lowest BCUT2D eigenvalue weighted by Gasteiger charge is -2.09. The first kappa shape index (κ1) is 25.1. The van der Waals surface area contributed by atoms with Gasteiger partial charge in [0.15, 0.2) is 0 Å². The minimum Gasteiger partial charge on any atom is -0.475 e. The predicted octanol–water partition coefficient (Wildman–Crippen LogP) is 4.88. The van der Waals surface area contributed by atoms with Gasteiger partial charge in [-0.15, -0.1) is 0 Å². The molecule has 1 heterocycles. The maximum absolute atomic E-state index is 11.8. The minimum atomic E-state index is -5.08. The number of methoxy groups -OCH3 is 1. The zero-order valence-corrected chi connectivity index (χ0v) is 18.3. The molecule has 1 aromatic heterocycles. The molecule has 4 rings (SSSR count). The van der Waals surface area contributed by atoms with E-state index in [-0.39, 0.29) is 5.97 Å². The van der Waals surface area contributed by atoms with Crippen LogP contribution in [0.3, 0.4) is 0 Å². The number of nitrogen functional groups attached to an aromatic ring is 1. The fourth-order valence-corrected chi connectivity index (χ4v) is 3.07. The van der Waals surface area contributed by atoms with Crippen molar-refractivity contribution in [1.29, 1.82) is 0 Å². The molecule has 11 heteroatoms. The van der Waals surface area contributed by atoms with Gasteiger partial charge in [-0.2, -0.15) is 13.2 Å². The minimum absolute atomic E-state index is 0.371. The van der Waals surface area contributed by atoms with Crippen molar-refractivity contribution in [2.24, 2.45) is 0 Å². The number of aromatic nitrogens is 2. The van der Waals surface area contributed by atoms with E-state index in [0.717, 1.165) is 22.3 Å². The highest BCUT2D eigenvalue weighted by atomic mass is 19.4. The van der Waals surface area contributed by atoms with E-state index in [1.165, 1.54) is 7.11 Å². The topological polar surface area (TPSA) is 117 Å². The number of esters is 1. The van der Waals surface area contributed by atoms with E-state index in [1.807, 2.05) is 65.2 Å². The molecule has 0 spiro atoms. The van der Waals surface area contributed by atoms with Crippen LogP contribution in [-0.2, 0) is 16.1 Å². The molecule has 0 saturated carbocycles. The number of hydrogen-bond acceptors (Lipinski definition) is 6. The molecular weight excluding hydrogens is 467 g/mol. The highest BCUT2D eigenvalue weighted by Gasteiger charge is 2.38. The number of carbonyl (C=O) groups excluding carboxylic acids is 1. The van der Waals surface area contributed by atoms with Gasteiger partial charge in [-0.3, -0.25) is 0 Å². The van der Waals surface area contributed by atoms with Gasteiger partial charge in [0.2, 0.25) is 5.95 Å². The molecule has 3 aromatic carbocycles. The Morgan fingerprint density at radius 1 is 1.00 bits per heavy atom. The van der Waals surface area contributed by atoms with Gasteiger partial charge in [0, 0.05) is 6.07 Å². The Balaban J connectivity index is 0.000000429. The average molecular weight is 487 g/mol. The SMILES string of the molecule is COC(=O)c1cccc(Cn2c(N)nc3ccc(Oc4ccccc4)cc32)c1.O=C(O)C(F)(F)F. The molecule has 0 aliphatic rings. The third-order valence-electron chi connectivity index (χ3n) is 4.66. The Morgan fingerprint density at radius 2 is 1.69 bits per heavy atom. The molecule has 8 nitrogen and oxygen atoms in total. The molecule has 182 valence electrons. The van der Waals surface area contributed by atoms with Crippen LogP contribution in [0.2, 0.25) is 0 Å². The van der Waals surface area contributed by atoms with Gasteiger partial charge >= 0.3 is 18.1 Å². The number of hydrogen-bond donors (Lipinski definition) is 2. The van der Waals surface area contributed by atoms with Crippen LogP contribution in [0.5, 0.6) is 11.5 Å². The second kappa shape index (κ2) is 10.6. The van der Waals surface area contributed by atoms with Crippen molar-refractivity contribution in [3.05, 3.63) is 83.9 Å². The van der Waals surface area contributed by atoms with E-state index >= 15 is 0 Å². The highest BCUT2D eigenvalue weighted by molar-refractivity contribution is 5.89. The monoisotopic (exact) mass is 487 g/mol. The van der Waals surface area contributed by atoms with Crippen molar-refractivity contribution in [3.63, 3.8) is 0 Å². The summed E-state index contributed by atoms with van der Waals surface area (Å²) in [5.41, 5.74) is 9.20. The number of halogens is 3. The summed E-state index contributed by atoms with van der Waals surface area (Å²) in [6.07, 6.45) is -5.08. The van der Waals surface area contributed by atoms with E-state index < -0.39 is 12.1 Å². The number of nitrogens with zero attached hydrogens (tertiary/aromatic N) is 2. The molecule has 0 atom stereocenters. The quantitative estimate of drug-likeness (QED) is 0.386. The fraction of sp³-hybridized carbons (Fsp3) is 0.125. The molecule has 0 radical (unpaired) electrons. The second-order valence-corrected chi connectivity index (χ2v) is 7.12. The van der Waals surface area contributed by atoms with E-state index in [4.69, 9.17) is 25.1 Å². The fourth-order valence-electron chi connectivity index (χ4n) is 3.07. The lowest BCUT2D eigenvalue weighted by molar-refractivity contribution is -0.192.